The number of benzene rings is 2. The number of hydrogen-bond donors (Lipinski definition) is 1. The Morgan fingerprint density at radius 1 is 1.00 bits per heavy atom. The molecule has 1 N–H and O–H groups in total. The molecule has 0 atom stereocenters. The number of aromatic nitrogens is 1. The standard InChI is InChI=1S/C13H9NO2/c15-8-16-9-5-6-11-10-3-1-2-4-12(10)14-13(11)7-9/h1-8,14H. The van der Waals surface area contributed by atoms with E-state index in [-0.39, 0.29) is 0 Å². The predicted molar refractivity (Wildman–Crippen MR) is 62.5 cm³/mol. The van der Waals surface area contributed by atoms with E-state index in [1.165, 1.54) is 5.39 Å². The van der Waals surface area contributed by atoms with Gasteiger partial charge < -0.3 is 9.72 Å². The van der Waals surface area contributed by atoms with E-state index in [1.54, 1.807) is 6.07 Å². The third-order valence-electron chi connectivity index (χ3n) is 2.66. The molecule has 2 aromatic carbocycles. The number of fused-ring (bicyclic) bond motifs is 3. The first-order valence-electron chi connectivity index (χ1n) is 4.99. The zero-order chi connectivity index (χ0) is 11.0. The summed E-state index contributed by atoms with van der Waals surface area (Å²) in [5.41, 5.74) is 2.06. The van der Waals surface area contributed by atoms with Gasteiger partial charge in [-0.15, -0.1) is 0 Å². The summed E-state index contributed by atoms with van der Waals surface area (Å²) in [5, 5.41) is 2.31. The van der Waals surface area contributed by atoms with Gasteiger partial charge in [0.05, 0.1) is 5.52 Å². The number of ether oxygens (including phenoxy) is 1. The zero-order valence-electron chi connectivity index (χ0n) is 8.44. The molecule has 0 saturated carbocycles. The van der Waals surface area contributed by atoms with Crippen molar-refractivity contribution in [2.75, 3.05) is 0 Å². The molecule has 0 aliphatic carbocycles. The number of carbonyl (C=O) groups excluding carboxylic acids is 1. The molecule has 3 aromatic rings. The van der Waals surface area contributed by atoms with Crippen molar-refractivity contribution in [2.45, 2.75) is 0 Å². The van der Waals surface area contributed by atoms with Crippen LogP contribution in [0.2, 0.25) is 0 Å². The Hall–Kier alpha value is -2.29. The van der Waals surface area contributed by atoms with E-state index in [0.717, 1.165) is 16.4 Å². The van der Waals surface area contributed by atoms with Crippen molar-refractivity contribution in [2.24, 2.45) is 0 Å². The van der Waals surface area contributed by atoms with Crippen LogP contribution < -0.4 is 4.74 Å². The van der Waals surface area contributed by atoms with Gasteiger partial charge in [0.2, 0.25) is 0 Å². The average molecular weight is 211 g/mol. The number of aromatic amines is 1. The van der Waals surface area contributed by atoms with E-state index in [9.17, 15) is 4.79 Å². The van der Waals surface area contributed by atoms with Gasteiger partial charge in [-0.05, 0) is 18.2 Å². The summed E-state index contributed by atoms with van der Waals surface area (Å²) in [6, 6.07) is 13.6. The van der Waals surface area contributed by atoms with Crippen molar-refractivity contribution in [3.8, 4) is 5.75 Å². The van der Waals surface area contributed by atoms with E-state index < -0.39 is 0 Å². The summed E-state index contributed by atoms with van der Waals surface area (Å²) in [7, 11) is 0. The first-order chi connectivity index (χ1) is 7.88. The second kappa shape index (κ2) is 3.38. The lowest BCUT2D eigenvalue weighted by molar-refractivity contribution is -0.120. The molecule has 0 fully saturated rings. The van der Waals surface area contributed by atoms with Crippen LogP contribution in [0.15, 0.2) is 42.5 Å². The second-order valence-corrected chi connectivity index (χ2v) is 3.59. The summed E-state index contributed by atoms with van der Waals surface area (Å²) in [6.07, 6.45) is 0. The maximum atomic E-state index is 10.3. The fourth-order valence-corrected chi connectivity index (χ4v) is 1.96. The van der Waals surface area contributed by atoms with Gasteiger partial charge in [-0.25, -0.2) is 0 Å². The van der Waals surface area contributed by atoms with Gasteiger partial charge in [0, 0.05) is 22.4 Å². The van der Waals surface area contributed by atoms with Crippen LogP contribution in [0.4, 0.5) is 0 Å². The lowest BCUT2D eigenvalue weighted by Gasteiger charge is -1.96. The van der Waals surface area contributed by atoms with Crippen molar-refractivity contribution in [3.05, 3.63) is 42.5 Å². The van der Waals surface area contributed by atoms with Gasteiger partial charge >= 0.3 is 0 Å². The first kappa shape index (κ1) is 8.97. The van der Waals surface area contributed by atoms with Crippen molar-refractivity contribution in [1.29, 1.82) is 0 Å². The predicted octanol–water partition coefficient (Wildman–Crippen LogP) is 2.86. The van der Waals surface area contributed by atoms with E-state index in [1.807, 2.05) is 30.3 Å². The normalized spacial score (nSPS) is 10.8. The van der Waals surface area contributed by atoms with Gasteiger partial charge in [0.25, 0.3) is 6.47 Å². The van der Waals surface area contributed by atoms with Crippen LogP contribution in [0.3, 0.4) is 0 Å². The maximum Gasteiger partial charge on any atom is 0.298 e. The van der Waals surface area contributed by atoms with E-state index in [2.05, 4.69) is 11.1 Å². The number of hydrogen-bond acceptors (Lipinski definition) is 2. The number of nitrogens with one attached hydrogen (secondary N) is 1. The highest BCUT2D eigenvalue weighted by Crippen LogP contribution is 2.27. The van der Waals surface area contributed by atoms with Gasteiger partial charge in [-0.1, -0.05) is 18.2 Å². The third kappa shape index (κ3) is 1.26. The molecular formula is C13H9NO2. The number of carbonyl (C=O) groups is 1. The molecule has 3 nitrogen and oxygen atoms in total. The summed E-state index contributed by atoms with van der Waals surface area (Å²) >= 11 is 0. The van der Waals surface area contributed by atoms with Gasteiger partial charge in [-0.3, -0.25) is 4.79 Å². The van der Waals surface area contributed by atoms with Crippen LogP contribution in [-0.4, -0.2) is 11.5 Å². The molecule has 0 aliphatic rings. The summed E-state index contributed by atoms with van der Waals surface area (Å²) < 4.78 is 4.81. The first-order valence-corrected chi connectivity index (χ1v) is 4.99. The number of rotatable bonds is 2. The highest BCUT2D eigenvalue weighted by molar-refractivity contribution is 6.07. The second-order valence-electron chi connectivity index (χ2n) is 3.59. The Morgan fingerprint density at radius 3 is 2.69 bits per heavy atom. The molecule has 3 rings (SSSR count). The molecule has 1 aromatic heterocycles. The van der Waals surface area contributed by atoms with Crippen LogP contribution in [0.25, 0.3) is 21.8 Å². The fraction of sp³-hybridized carbons (Fsp3) is 0. The van der Waals surface area contributed by atoms with Crippen molar-refractivity contribution >= 4 is 28.3 Å². The molecule has 0 bridgehead atoms. The lowest BCUT2D eigenvalue weighted by Crippen LogP contribution is -1.87. The molecule has 0 aliphatic heterocycles. The quantitative estimate of drug-likeness (QED) is 0.662. The Kier molecular flexibility index (Phi) is 1.90. The van der Waals surface area contributed by atoms with Gasteiger partial charge in [0.15, 0.2) is 0 Å². The molecular weight excluding hydrogens is 202 g/mol. The average Bonchev–Trinajstić information content (AvgIpc) is 2.67. The Bertz CT molecular complexity index is 670. The number of H-pyrrole nitrogens is 1. The minimum atomic E-state index is 0.434. The van der Waals surface area contributed by atoms with Crippen LogP contribution in [0.5, 0.6) is 5.75 Å². The minimum Gasteiger partial charge on any atom is -0.429 e. The van der Waals surface area contributed by atoms with E-state index in [4.69, 9.17) is 4.74 Å². The molecule has 1 heterocycles. The molecule has 0 radical (unpaired) electrons. The lowest BCUT2D eigenvalue weighted by atomic mass is 10.1. The molecule has 78 valence electrons. The highest BCUT2D eigenvalue weighted by Gasteiger charge is 2.04. The van der Waals surface area contributed by atoms with Crippen LogP contribution in [0.1, 0.15) is 0 Å². The highest BCUT2D eigenvalue weighted by atomic mass is 16.5. The number of para-hydroxylation sites is 1. The molecule has 0 amide bonds. The fourth-order valence-electron chi connectivity index (χ4n) is 1.96. The van der Waals surface area contributed by atoms with Crippen molar-refractivity contribution < 1.29 is 9.53 Å². The summed E-state index contributed by atoms with van der Waals surface area (Å²) in [6.45, 7) is 0.434. The monoisotopic (exact) mass is 211 g/mol. The van der Waals surface area contributed by atoms with E-state index in [0.29, 0.717) is 12.2 Å². The minimum absolute atomic E-state index is 0.434. The topological polar surface area (TPSA) is 42.1 Å². The van der Waals surface area contributed by atoms with Gasteiger partial charge in [0.1, 0.15) is 5.75 Å². The van der Waals surface area contributed by atoms with Crippen molar-refractivity contribution in [1.82, 2.24) is 4.98 Å². The molecule has 0 spiro atoms. The molecule has 0 saturated heterocycles. The molecule has 0 unspecified atom stereocenters. The molecule has 3 heteroatoms. The summed E-state index contributed by atoms with van der Waals surface area (Å²) in [4.78, 5) is 13.5. The Balaban J connectivity index is 2.32. The Labute approximate surface area is 91.6 Å². The zero-order valence-corrected chi connectivity index (χ0v) is 8.44. The van der Waals surface area contributed by atoms with Crippen molar-refractivity contribution in [3.63, 3.8) is 0 Å². The SMILES string of the molecule is O=COc1ccc2c(c1)[nH]c1ccccc12. The molecule has 16 heavy (non-hydrogen) atoms. The summed E-state index contributed by atoms with van der Waals surface area (Å²) in [5.74, 6) is 0.550. The smallest absolute Gasteiger partial charge is 0.298 e. The van der Waals surface area contributed by atoms with Gasteiger partial charge in [-0.2, -0.15) is 0 Å². The van der Waals surface area contributed by atoms with Crippen LogP contribution in [0, 0.1) is 0 Å². The maximum absolute atomic E-state index is 10.3. The van der Waals surface area contributed by atoms with Crippen LogP contribution in [-0.2, 0) is 4.79 Å². The Morgan fingerprint density at radius 2 is 1.81 bits per heavy atom. The van der Waals surface area contributed by atoms with Crippen LogP contribution >= 0.6 is 0 Å². The largest absolute Gasteiger partial charge is 0.429 e. The van der Waals surface area contributed by atoms with E-state index >= 15 is 0 Å². The third-order valence-corrected chi connectivity index (χ3v) is 2.66.